The Morgan fingerprint density at radius 2 is 1.00 bits per heavy atom. The Hall–Kier alpha value is -4.01. The number of rotatable bonds is 6. The second-order valence-electron chi connectivity index (χ2n) is 7.92. The Bertz CT molecular complexity index is 1400. The normalized spacial score (nSPS) is 19.3. The van der Waals surface area contributed by atoms with Gasteiger partial charge in [0.1, 0.15) is 11.1 Å². The van der Waals surface area contributed by atoms with Gasteiger partial charge in [-0.1, -0.05) is 66.2 Å². The summed E-state index contributed by atoms with van der Waals surface area (Å²) in [5, 5.41) is 1.81. The van der Waals surface area contributed by atoms with Crippen molar-refractivity contribution in [2.45, 2.75) is 10.5 Å². The molecule has 0 spiro atoms. The number of benzene rings is 3. The summed E-state index contributed by atoms with van der Waals surface area (Å²) in [5.74, 6) is -3.91. The zero-order valence-electron chi connectivity index (χ0n) is 19.0. The van der Waals surface area contributed by atoms with Crippen molar-refractivity contribution < 1.29 is 23.2 Å². The van der Waals surface area contributed by atoms with Crippen LogP contribution in [0.5, 0.6) is 0 Å². The first-order valence-corrected chi connectivity index (χ1v) is 11.8. The predicted octanol–water partition coefficient (Wildman–Crippen LogP) is 5.19. The van der Waals surface area contributed by atoms with Crippen molar-refractivity contribution in [3.63, 3.8) is 0 Å². The highest BCUT2D eigenvalue weighted by atomic mass is 35.5. The fraction of sp³-hybridized carbons (Fsp3) is 0.0741. The van der Waals surface area contributed by atoms with Crippen LogP contribution in [0.1, 0.15) is 31.1 Å². The topological polar surface area (TPSA) is 87.3 Å². The van der Waals surface area contributed by atoms with E-state index in [4.69, 9.17) is 23.2 Å². The van der Waals surface area contributed by atoms with Gasteiger partial charge in [-0.15, -0.1) is 11.6 Å². The monoisotopic (exact) mass is 541 g/mol. The van der Waals surface area contributed by atoms with Crippen LogP contribution < -0.4 is 16.0 Å². The maximum Gasteiger partial charge on any atom is 0.258 e. The second kappa shape index (κ2) is 10.9. The molecule has 1 aliphatic rings. The van der Waals surface area contributed by atoms with Crippen LogP contribution in [-0.4, -0.2) is 28.2 Å². The summed E-state index contributed by atoms with van der Waals surface area (Å²) in [6.07, 6.45) is 0. The third-order valence-corrected chi connectivity index (χ3v) is 6.45. The van der Waals surface area contributed by atoms with E-state index in [1.165, 1.54) is 36.4 Å². The van der Waals surface area contributed by atoms with E-state index < -0.39 is 51.1 Å². The van der Waals surface area contributed by atoms with Gasteiger partial charge in [-0.25, -0.2) is 8.78 Å². The maximum atomic E-state index is 15.5. The van der Waals surface area contributed by atoms with E-state index in [2.05, 4.69) is 16.0 Å². The van der Waals surface area contributed by atoms with Gasteiger partial charge in [0.05, 0.1) is 11.4 Å². The molecule has 3 aromatic rings. The number of allylic oxidation sites excluding steroid dienone is 2. The zero-order valence-corrected chi connectivity index (χ0v) is 20.5. The highest BCUT2D eigenvalue weighted by molar-refractivity contribution is 6.34. The van der Waals surface area contributed by atoms with E-state index in [-0.39, 0.29) is 16.7 Å². The molecule has 4 rings (SSSR count). The van der Waals surface area contributed by atoms with Gasteiger partial charge >= 0.3 is 0 Å². The Morgan fingerprint density at radius 1 is 0.649 bits per heavy atom. The molecule has 2 atom stereocenters. The van der Waals surface area contributed by atoms with Crippen molar-refractivity contribution in [1.29, 1.82) is 0 Å². The molecule has 0 aromatic heterocycles. The quantitative estimate of drug-likeness (QED) is 0.375. The smallest absolute Gasteiger partial charge is 0.258 e. The van der Waals surface area contributed by atoms with E-state index >= 15 is 8.78 Å². The van der Waals surface area contributed by atoms with E-state index in [0.717, 1.165) is 0 Å². The van der Waals surface area contributed by atoms with Crippen LogP contribution in [0.25, 0.3) is 0 Å². The van der Waals surface area contributed by atoms with Crippen molar-refractivity contribution in [1.82, 2.24) is 16.0 Å². The standard InChI is InChI=1S/C27H19Cl2F2N3O3/c28-22-20(33-25(36)17-12-6-2-7-13-17)19(32-24(35)16-10-4-1-5-11-16)21(23(30)27(22,29)31)34-26(37)18-14-8-3-9-15-18/h1-15,22H,(H,32,35)(H,33,36)(H,34,37). The Kier molecular flexibility index (Phi) is 7.71. The molecule has 0 aliphatic heterocycles. The van der Waals surface area contributed by atoms with Gasteiger partial charge in [0.15, 0.2) is 5.83 Å². The minimum absolute atomic E-state index is 0.124. The minimum atomic E-state index is -3.36. The molecule has 3 N–H and O–H groups in total. The molecule has 3 amide bonds. The summed E-state index contributed by atoms with van der Waals surface area (Å²) in [6.45, 7) is 0. The number of amides is 3. The molecule has 0 fully saturated rings. The Balaban J connectivity index is 1.81. The van der Waals surface area contributed by atoms with E-state index in [1.54, 1.807) is 54.6 Å². The van der Waals surface area contributed by atoms with Crippen LogP contribution in [0.2, 0.25) is 0 Å². The molecule has 1 aliphatic carbocycles. The number of carbonyl (C=O) groups excluding carboxylic acids is 3. The third kappa shape index (κ3) is 5.55. The van der Waals surface area contributed by atoms with Crippen LogP contribution in [0, 0.1) is 0 Å². The highest BCUT2D eigenvalue weighted by Gasteiger charge is 2.51. The average molecular weight is 542 g/mol. The highest BCUT2D eigenvalue weighted by Crippen LogP contribution is 2.44. The fourth-order valence-corrected chi connectivity index (χ4v) is 4.00. The van der Waals surface area contributed by atoms with Gasteiger partial charge in [-0.2, -0.15) is 0 Å². The average Bonchev–Trinajstić information content (AvgIpc) is 2.93. The van der Waals surface area contributed by atoms with E-state index in [0.29, 0.717) is 0 Å². The van der Waals surface area contributed by atoms with E-state index in [9.17, 15) is 14.4 Å². The zero-order chi connectivity index (χ0) is 26.6. The van der Waals surface area contributed by atoms with Crippen LogP contribution >= 0.6 is 23.2 Å². The maximum absolute atomic E-state index is 15.5. The van der Waals surface area contributed by atoms with Crippen molar-refractivity contribution in [3.05, 3.63) is 131 Å². The van der Waals surface area contributed by atoms with Crippen LogP contribution in [0.3, 0.4) is 0 Å². The lowest BCUT2D eigenvalue weighted by atomic mass is 9.99. The van der Waals surface area contributed by atoms with Gasteiger partial charge in [0.25, 0.3) is 22.8 Å². The van der Waals surface area contributed by atoms with Gasteiger partial charge in [-0.3, -0.25) is 14.4 Å². The lowest BCUT2D eigenvalue weighted by Gasteiger charge is -2.33. The summed E-state index contributed by atoms with van der Waals surface area (Å²) in [6, 6.07) is 23.5. The van der Waals surface area contributed by atoms with Crippen LogP contribution in [0.15, 0.2) is 114 Å². The first kappa shape index (κ1) is 26.1. The van der Waals surface area contributed by atoms with Crippen molar-refractivity contribution in [2.75, 3.05) is 0 Å². The molecule has 188 valence electrons. The molecule has 6 nitrogen and oxygen atoms in total. The number of nitrogens with one attached hydrogen (secondary N) is 3. The first-order chi connectivity index (χ1) is 17.7. The summed E-state index contributed by atoms with van der Waals surface area (Å²) in [5.41, 5.74) is -1.20. The SMILES string of the molecule is O=C(NC1=C(NC(=O)c2ccccc2)C(Cl)C(F)(Cl)C(F)=C1NC(=O)c1ccccc1)c1ccccc1. The molecule has 0 bridgehead atoms. The van der Waals surface area contributed by atoms with Gasteiger partial charge in [0, 0.05) is 16.7 Å². The minimum Gasteiger partial charge on any atom is -0.322 e. The Morgan fingerprint density at radius 3 is 1.41 bits per heavy atom. The van der Waals surface area contributed by atoms with Crippen LogP contribution in [-0.2, 0) is 0 Å². The lowest BCUT2D eigenvalue weighted by molar-refractivity contribution is 0.0937. The molecule has 0 saturated heterocycles. The van der Waals surface area contributed by atoms with Gasteiger partial charge in [0.2, 0.25) is 0 Å². The van der Waals surface area contributed by atoms with Crippen molar-refractivity contribution in [2.24, 2.45) is 0 Å². The molecule has 3 aromatic carbocycles. The second-order valence-corrected chi connectivity index (χ2v) is 8.91. The lowest BCUT2D eigenvalue weighted by Crippen LogP contribution is -2.48. The van der Waals surface area contributed by atoms with Crippen molar-refractivity contribution >= 4 is 40.9 Å². The number of alkyl halides is 3. The molecule has 0 saturated carbocycles. The fourth-order valence-electron chi connectivity index (χ4n) is 3.54. The molecule has 37 heavy (non-hydrogen) atoms. The number of hydrogen-bond acceptors (Lipinski definition) is 3. The largest absolute Gasteiger partial charge is 0.322 e. The summed E-state index contributed by atoms with van der Waals surface area (Å²) in [4.78, 5) is 38.8. The summed E-state index contributed by atoms with van der Waals surface area (Å²) < 4.78 is 30.9. The van der Waals surface area contributed by atoms with E-state index in [1.807, 2.05) is 0 Å². The number of halogens is 4. The molecule has 2 unspecified atom stereocenters. The van der Waals surface area contributed by atoms with Gasteiger partial charge in [-0.05, 0) is 36.4 Å². The molecular formula is C27H19Cl2F2N3O3. The molecular weight excluding hydrogens is 523 g/mol. The molecule has 0 radical (unpaired) electrons. The molecule has 10 heteroatoms. The molecule has 0 heterocycles. The third-order valence-electron chi connectivity index (χ3n) is 5.44. The number of hydrogen-bond donors (Lipinski definition) is 3. The van der Waals surface area contributed by atoms with Crippen LogP contribution in [0.4, 0.5) is 8.78 Å². The van der Waals surface area contributed by atoms with Crippen molar-refractivity contribution in [3.8, 4) is 0 Å². The first-order valence-electron chi connectivity index (χ1n) is 11.0. The van der Waals surface area contributed by atoms with Gasteiger partial charge < -0.3 is 16.0 Å². The predicted molar refractivity (Wildman–Crippen MR) is 136 cm³/mol. The summed E-state index contributed by atoms with van der Waals surface area (Å²) >= 11 is 12.1. The Labute approximate surface area is 221 Å². The summed E-state index contributed by atoms with van der Waals surface area (Å²) in [7, 11) is 0. The number of carbonyl (C=O) groups is 3.